The minimum Gasteiger partial charge on any atom is -0.393 e. The molecule has 2 atom stereocenters. The van der Waals surface area contributed by atoms with Crippen molar-refractivity contribution in [2.24, 2.45) is 17.3 Å². The molecule has 0 aromatic rings. The summed E-state index contributed by atoms with van der Waals surface area (Å²) in [7, 11) is 0. The van der Waals surface area contributed by atoms with E-state index < -0.39 is 0 Å². The van der Waals surface area contributed by atoms with Crippen LogP contribution in [0.4, 0.5) is 0 Å². The molecule has 0 radical (unpaired) electrons. The molecule has 0 N–H and O–H groups in total. The standard InChI is InChI=1S/C12H16O3/c1-12(2,3)7-4-5-8-9(6-7)11(14)15-10(8)13/h4,8-9H,5-6H2,1-3H3. The maximum atomic E-state index is 11.4. The van der Waals surface area contributed by atoms with E-state index >= 15 is 0 Å². The first-order valence-corrected chi connectivity index (χ1v) is 5.34. The fraction of sp³-hybridized carbons (Fsp3) is 0.667. The number of esters is 2. The van der Waals surface area contributed by atoms with Crippen molar-refractivity contribution in [2.75, 3.05) is 0 Å². The molecule has 3 heteroatoms. The fourth-order valence-corrected chi connectivity index (χ4v) is 2.27. The number of carbonyl (C=O) groups excluding carboxylic acids is 2. The Morgan fingerprint density at radius 2 is 1.80 bits per heavy atom. The third-order valence-corrected chi connectivity index (χ3v) is 3.31. The van der Waals surface area contributed by atoms with Gasteiger partial charge in [0.1, 0.15) is 0 Å². The Labute approximate surface area is 89.5 Å². The number of hydrogen-bond acceptors (Lipinski definition) is 3. The van der Waals surface area contributed by atoms with E-state index in [-0.39, 0.29) is 29.2 Å². The number of allylic oxidation sites excluding steroid dienone is 2. The zero-order valence-electron chi connectivity index (χ0n) is 9.37. The maximum absolute atomic E-state index is 11.4. The van der Waals surface area contributed by atoms with E-state index in [1.807, 2.05) is 0 Å². The highest BCUT2D eigenvalue weighted by Gasteiger charge is 2.46. The molecule has 0 saturated carbocycles. The van der Waals surface area contributed by atoms with Gasteiger partial charge in [0.2, 0.25) is 0 Å². The maximum Gasteiger partial charge on any atom is 0.317 e. The monoisotopic (exact) mass is 208 g/mol. The van der Waals surface area contributed by atoms with Crippen LogP contribution in [0.3, 0.4) is 0 Å². The molecule has 0 spiro atoms. The number of cyclic esters (lactones) is 2. The summed E-state index contributed by atoms with van der Waals surface area (Å²) in [6.45, 7) is 6.38. The van der Waals surface area contributed by atoms with Crippen molar-refractivity contribution in [1.29, 1.82) is 0 Å². The number of ether oxygens (including phenoxy) is 1. The number of rotatable bonds is 0. The van der Waals surface area contributed by atoms with Gasteiger partial charge in [0, 0.05) is 0 Å². The van der Waals surface area contributed by atoms with Gasteiger partial charge >= 0.3 is 11.9 Å². The van der Waals surface area contributed by atoms with Crippen LogP contribution in [-0.4, -0.2) is 11.9 Å². The highest BCUT2D eigenvalue weighted by Crippen LogP contribution is 2.42. The summed E-state index contributed by atoms with van der Waals surface area (Å²) in [6, 6.07) is 0. The second kappa shape index (κ2) is 3.19. The van der Waals surface area contributed by atoms with Crippen LogP contribution in [0.1, 0.15) is 33.6 Å². The van der Waals surface area contributed by atoms with Crippen LogP contribution in [0.2, 0.25) is 0 Å². The predicted octanol–water partition coefficient (Wildman–Crippen LogP) is 2.07. The number of carbonyl (C=O) groups is 2. The van der Waals surface area contributed by atoms with E-state index in [1.54, 1.807) is 0 Å². The molecular formula is C12H16O3. The molecule has 1 heterocycles. The molecule has 0 bridgehead atoms. The van der Waals surface area contributed by atoms with Crippen LogP contribution in [0.25, 0.3) is 0 Å². The Bertz CT molecular complexity index is 346. The largest absolute Gasteiger partial charge is 0.393 e. The predicted molar refractivity (Wildman–Crippen MR) is 54.9 cm³/mol. The first-order chi connectivity index (χ1) is 6.89. The van der Waals surface area contributed by atoms with Crippen LogP contribution >= 0.6 is 0 Å². The van der Waals surface area contributed by atoms with Gasteiger partial charge in [-0.25, -0.2) is 0 Å². The lowest BCUT2D eigenvalue weighted by Gasteiger charge is -2.29. The zero-order valence-corrected chi connectivity index (χ0v) is 9.37. The Morgan fingerprint density at radius 3 is 2.40 bits per heavy atom. The third kappa shape index (κ3) is 1.71. The van der Waals surface area contributed by atoms with E-state index in [0.717, 1.165) is 0 Å². The molecule has 2 aliphatic rings. The van der Waals surface area contributed by atoms with Crippen molar-refractivity contribution in [2.45, 2.75) is 33.6 Å². The minimum atomic E-state index is -0.339. The van der Waals surface area contributed by atoms with E-state index in [9.17, 15) is 9.59 Å². The van der Waals surface area contributed by atoms with Crippen LogP contribution in [0.15, 0.2) is 11.6 Å². The summed E-state index contributed by atoms with van der Waals surface area (Å²) in [5, 5.41) is 0. The number of fused-ring (bicyclic) bond motifs is 1. The van der Waals surface area contributed by atoms with Crippen LogP contribution < -0.4 is 0 Å². The van der Waals surface area contributed by atoms with Gasteiger partial charge in [-0.05, 0) is 18.3 Å². The Hall–Kier alpha value is -1.12. The third-order valence-electron chi connectivity index (χ3n) is 3.31. The Morgan fingerprint density at radius 1 is 1.20 bits per heavy atom. The summed E-state index contributed by atoms with van der Waals surface area (Å²) in [5.74, 6) is -1.12. The summed E-state index contributed by atoms with van der Waals surface area (Å²) in [6.07, 6.45) is 3.43. The quantitative estimate of drug-likeness (QED) is 0.348. The van der Waals surface area contributed by atoms with Gasteiger partial charge in [0.15, 0.2) is 0 Å². The Kier molecular flexibility index (Phi) is 2.21. The van der Waals surface area contributed by atoms with Crippen molar-refractivity contribution in [3.63, 3.8) is 0 Å². The lowest BCUT2D eigenvalue weighted by molar-refractivity contribution is -0.153. The highest BCUT2D eigenvalue weighted by molar-refractivity contribution is 5.97. The fourth-order valence-electron chi connectivity index (χ4n) is 2.27. The van der Waals surface area contributed by atoms with Crippen molar-refractivity contribution >= 4 is 11.9 Å². The first-order valence-electron chi connectivity index (χ1n) is 5.34. The van der Waals surface area contributed by atoms with Gasteiger partial charge < -0.3 is 4.74 Å². The van der Waals surface area contributed by atoms with Crippen molar-refractivity contribution in [3.05, 3.63) is 11.6 Å². The van der Waals surface area contributed by atoms with Gasteiger partial charge in [-0.15, -0.1) is 0 Å². The smallest absolute Gasteiger partial charge is 0.317 e. The molecule has 2 unspecified atom stereocenters. The first kappa shape index (κ1) is 10.4. The summed E-state index contributed by atoms with van der Waals surface area (Å²) in [5.41, 5.74) is 1.34. The lowest BCUT2D eigenvalue weighted by Crippen LogP contribution is -2.25. The molecule has 0 amide bonds. The average Bonchev–Trinajstić information content (AvgIpc) is 2.41. The SMILES string of the molecule is CC(C)(C)C1=CCC2C(=O)OC(=O)C2C1. The van der Waals surface area contributed by atoms with Crippen LogP contribution in [0, 0.1) is 17.3 Å². The minimum absolute atomic E-state index is 0.0802. The molecule has 1 aliphatic heterocycles. The molecule has 1 saturated heterocycles. The van der Waals surface area contributed by atoms with Gasteiger partial charge in [-0.3, -0.25) is 9.59 Å². The molecule has 0 aromatic heterocycles. The van der Waals surface area contributed by atoms with Gasteiger partial charge in [-0.2, -0.15) is 0 Å². The molecule has 2 rings (SSSR count). The molecule has 3 nitrogen and oxygen atoms in total. The van der Waals surface area contributed by atoms with Crippen molar-refractivity contribution in [1.82, 2.24) is 0 Å². The van der Waals surface area contributed by atoms with E-state index in [4.69, 9.17) is 0 Å². The Balaban J connectivity index is 2.23. The van der Waals surface area contributed by atoms with Crippen molar-refractivity contribution in [3.8, 4) is 0 Å². The lowest BCUT2D eigenvalue weighted by atomic mass is 9.73. The summed E-state index contributed by atoms with van der Waals surface area (Å²) < 4.78 is 4.66. The average molecular weight is 208 g/mol. The van der Waals surface area contributed by atoms with Gasteiger partial charge in [0.25, 0.3) is 0 Å². The van der Waals surface area contributed by atoms with E-state index in [1.165, 1.54) is 5.57 Å². The summed E-state index contributed by atoms with van der Waals surface area (Å²) >= 11 is 0. The molecular weight excluding hydrogens is 192 g/mol. The van der Waals surface area contributed by atoms with E-state index in [0.29, 0.717) is 12.8 Å². The van der Waals surface area contributed by atoms with Crippen LogP contribution in [-0.2, 0) is 14.3 Å². The topological polar surface area (TPSA) is 43.4 Å². The summed E-state index contributed by atoms with van der Waals surface area (Å²) in [4.78, 5) is 22.7. The van der Waals surface area contributed by atoms with Crippen LogP contribution in [0.5, 0.6) is 0 Å². The van der Waals surface area contributed by atoms with Gasteiger partial charge in [0.05, 0.1) is 11.8 Å². The van der Waals surface area contributed by atoms with E-state index in [2.05, 4.69) is 31.6 Å². The molecule has 1 aliphatic carbocycles. The molecule has 15 heavy (non-hydrogen) atoms. The zero-order chi connectivity index (χ0) is 11.2. The molecule has 82 valence electrons. The second-order valence-corrected chi connectivity index (χ2v) is 5.37. The normalized spacial score (nSPS) is 31.0. The second-order valence-electron chi connectivity index (χ2n) is 5.37. The molecule has 1 fully saturated rings. The molecule has 0 aromatic carbocycles. The van der Waals surface area contributed by atoms with Gasteiger partial charge in [-0.1, -0.05) is 32.4 Å². The number of hydrogen-bond donors (Lipinski definition) is 0. The highest BCUT2D eigenvalue weighted by atomic mass is 16.6. The van der Waals surface area contributed by atoms with Crippen molar-refractivity contribution < 1.29 is 14.3 Å².